The van der Waals surface area contributed by atoms with Gasteiger partial charge in [0.15, 0.2) is 5.96 Å². The molecule has 0 atom stereocenters. The monoisotopic (exact) mass is 508 g/mol. The van der Waals surface area contributed by atoms with E-state index in [0.29, 0.717) is 30.6 Å². The van der Waals surface area contributed by atoms with Gasteiger partial charge >= 0.3 is 0 Å². The average molecular weight is 509 g/mol. The molecule has 2 rings (SSSR count). The van der Waals surface area contributed by atoms with Gasteiger partial charge in [0.1, 0.15) is 0 Å². The van der Waals surface area contributed by atoms with Gasteiger partial charge in [-0.15, -0.1) is 24.0 Å². The van der Waals surface area contributed by atoms with Crippen LogP contribution in [0, 0.1) is 0 Å². The highest BCUT2D eigenvalue weighted by molar-refractivity contribution is 14.0. The molecular weight excluding hydrogens is 487 g/mol. The number of guanidine groups is 1. The molecule has 0 aliphatic carbocycles. The molecule has 9 heteroatoms. The van der Waals surface area contributed by atoms with Crippen LogP contribution in [0.4, 0.5) is 0 Å². The predicted molar refractivity (Wildman–Crippen MR) is 116 cm³/mol. The zero-order valence-electron chi connectivity index (χ0n) is 14.3. The van der Waals surface area contributed by atoms with Gasteiger partial charge in [-0.2, -0.15) is 0 Å². The highest BCUT2D eigenvalue weighted by Crippen LogP contribution is 2.14. The van der Waals surface area contributed by atoms with Crippen molar-refractivity contribution in [2.45, 2.75) is 24.9 Å². The third-order valence-corrected chi connectivity index (χ3v) is 4.67. The summed E-state index contributed by atoms with van der Waals surface area (Å²) in [5, 5.41) is 12.2. The maximum Gasteiger partial charge on any atom is 0.238 e. The largest absolute Gasteiger partial charge is 0.357 e. The lowest BCUT2D eigenvalue weighted by Crippen LogP contribution is -2.36. The third-order valence-electron chi connectivity index (χ3n) is 3.40. The zero-order chi connectivity index (χ0) is 18.3. The Kier molecular flexibility index (Phi) is 9.34. The van der Waals surface area contributed by atoms with Crippen LogP contribution in [-0.4, -0.2) is 20.9 Å². The molecule has 2 aromatic rings. The van der Waals surface area contributed by atoms with E-state index in [1.54, 1.807) is 12.1 Å². The van der Waals surface area contributed by atoms with Gasteiger partial charge in [-0.05, 0) is 36.2 Å². The summed E-state index contributed by atoms with van der Waals surface area (Å²) in [6.07, 6.45) is 0. The zero-order valence-corrected chi connectivity index (χ0v) is 18.2. The molecule has 0 amide bonds. The minimum absolute atomic E-state index is 0. The molecule has 0 saturated carbocycles. The van der Waals surface area contributed by atoms with Crippen molar-refractivity contribution < 1.29 is 8.42 Å². The first-order valence-corrected chi connectivity index (χ1v) is 9.70. The van der Waals surface area contributed by atoms with E-state index in [2.05, 4.69) is 15.6 Å². The molecule has 0 spiro atoms. The van der Waals surface area contributed by atoms with Crippen molar-refractivity contribution in [1.29, 1.82) is 0 Å². The van der Waals surface area contributed by atoms with Crippen molar-refractivity contribution in [3.8, 4) is 0 Å². The van der Waals surface area contributed by atoms with Gasteiger partial charge in [-0.25, -0.2) is 18.5 Å². The van der Waals surface area contributed by atoms with Crippen LogP contribution in [0.2, 0.25) is 5.02 Å². The number of aliphatic imine (C=N–C) groups is 1. The summed E-state index contributed by atoms with van der Waals surface area (Å²) in [7, 11) is -3.72. The minimum Gasteiger partial charge on any atom is -0.357 e. The number of nitrogens with one attached hydrogen (secondary N) is 2. The summed E-state index contributed by atoms with van der Waals surface area (Å²) in [5.74, 6) is 0.614. The number of nitrogens with zero attached hydrogens (tertiary/aromatic N) is 1. The molecule has 0 heterocycles. The molecule has 0 radical (unpaired) electrons. The quantitative estimate of drug-likeness (QED) is 0.318. The van der Waals surface area contributed by atoms with Crippen LogP contribution >= 0.6 is 35.6 Å². The normalized spacial score (nSPS) is 11.6. The molecule has 0 aliphatic heterocycles. The number of primary sulfonamides is 1. The molecule has 0 saturated heterocycles. The number of nitrogens with two attached hydrogens (primary N) is 1. The molecule has 142 valence electrons. The molecule has 0 fully saturated rings. The fourth-order valence-corrected chi connectivity index (χ4v) is 2.94. The number of hydrogen-bond donors (Lipinski definition) is 3. The maximum atomic E-state index is 11.4. The average Bonchev–Trinajstić information content (AvgIpc) is 2.58. The highest BCUT2D eigenvalue weighted by atomic mass is 127. The van der Waals surface area contributed by atoms with Gasteiger partial charge in [-0.1, -0.05) is 41.9 Å². The summed E-state index contributed by atoms with van der Waals surface area (Å²) in [5.41, 5.74) is 1.72. The van der Waals surface area contributed by atoms with Gasteiger partial charge in [0.2, 0.25) is 10.0 Å². The molecular formula is C17H22ClIN4O2S. The second-order valence-corrected chi connectivity index (χ2v) is 7.30. The standard InChI is InChI=1S/C17H21ClN4O2S.HI/c1-2-20-17(22-12-14-7-3-4-9-16(14)18)21-11-13-6-5-8-15(10-13)25(19,23)24;/h3-10H,2,11-12H2,1H3,(H2,19,23,24)(H2,20,21,22);1H. The van der Waals surface area contributed by atoms with Gasteiger partial charge in [0, 0.05) is 18.1 Å². The van der Waals surface area contributed by atoms with Crippen LogP contribution in [0.1, 0.15) is 18.1 Å². The fraction of sp³-hybridized carbons (Fsp3) is 0.235. The van der Waals surface area contributed by atoms with Crippen molar-refractivity contribution >= 4 is 51.6 Å². The Bertz CT molecular complexity index is 859. The van der Waals surface area contributed by atoms with Crippen molar-refractivity contribution in [2.24, 2.45) is 10.1 Å². The molecule has 0 bridgehead atoms. The fourth-order valence-electron chi connectivity index (χ4n) is 2.15. The van der Waals surface area contributed by atoms with E-state index in [0.717, 1.165) is 11.1 Å². The van der Waals surface area contributed by atoms with Gasteiger partial charge in [0.25, 0.3) is 0 Å². The number of hydrogen-bond acceptors (Lipinski definition) is 3. The SMILES string of the molecule is CCNC(=NCc1cccc(S(N)(=O)=O)c1)NCc1ccccc1Cl.I. The van der Waals surface area contributed by atoms with Crippen molar-refractivity contribution in [1.82, 2.24) is 10.6 Å². The molecule has 0 unspecified atom stereocenters. The first-order valence-electron chi connectivity index (χ1n) is 7.77. The van der Waals surface area contributed by atoms with Crippen LogP contribution in [0.15, 0.2) is 58.4 Å². The maximum absolute atomic E-state index is 11.4. The predicted octanol–water partition coefficient (Wildman–Crippen LogP) is 2.86. The van der Waals surface area contributed by atoms with Crippen LogP contribution < -0.4 is 15.8 Å². The van der Waals surface area contributed by atoms with Gasteiger partial charge in [-0.3, -0.25) is 0 Å². The van der Waals surface area contributed by atoms with Crippen LogP contribution in [-0.2, 0) is 23.1 Å². The van der Waals surface area contributed by atoms with Crippen LogP contribution in [0.25, 0.3) is 0 Å². The van der Waals surface area contributed by atoms with Crippen molar-refractivity contribution in [3.05, 3.63) is 64.7 Å². The Morgan fingerprint density at radius 1 is 1.15 bits per heavy atom. The lowest BCUT2D eigenvalue weighted by atomic mass is 10.2. The van der Waals surface area contributed by atoms with E-state index >= 15 is 0 Å². The molecule has 26 heavy (non-hydrogen) atoms. The Hall–Kier alpha value is -1.36. The Labute approximate surface area is 176 Å². The summed E-state index contributed by atoms with van der Waals surface area (Å²) in [6, 6.07) is 14.0. The molecule has 2 aromatic carbocycles. The van der Waals surface area contributed by atoms with Gasteiger partial charge < -0.3 is 10.6 Å². The second kappa shape index (κ2) is 10.7. The minimum atomic E-state index is -3.72. The van der Waals surface area contributed by atoms with E-state index in [1.165, 1.54) is 12.1 Å². The topological polar surface area (TPSA) is 96.6 Å². The number of rotatable bonds is 6. The van der Waals surface area contributed by atoms with E-state index < -0.39 is 10.0 Å². The molecule has 0 aliphatic rings. The summed E-state index contributed by atoms with van der Waals surface area (Å²) >= 11 is 6.15. The third kappa shape index (κ3) is 7.10. The number of halogens is 2. The first kappa shape index (κ1) is 22.7. The van der Waals surface area contributed by atoms with E-state index in [1.807, 2.05) is 31.2 Å². The van der Waals surface area contributed by atoms with E-state index in [-0.39, 0.29) is 28.9 Å². The Balaban J connectivity index is 0.00000338. The van der Waals surface area contributed by atoms with Crippen molar-refractivity contribution in [3.63, 3.8) is 0 Å². The van der Waals surface area contributed by atoms with Gasteiger partial charge in [0.05, 0.1) is 11.4 Å². The summed E-state index contributed by atoms with van der Waals surface area (Å²) < 4.78 is 22.8. The highest BCUT2D eigenvalue weighted by Gasteiger charge is 2.08. The van der Waals surface area contributed by atoms with Crippen molar-refractivity contribution in [2.75, 3.05) is 6.54 Å². The Morgan fingerprint density at radius 2 is 1.88 bits per heavy atom. The smallest absolute Gasteiger partial charge is 0.238 e. The number of benzene rings is 2. The van der Waals surface area contributed by atoms with Crippen LogP contribution in [0.3, 0.4) is 0 Å². The molecule has 6 nitrogen and oxygen atoms in total. The summed E-state index contributed by atoms with van der Waals surface area (Å²) in [6.45, 7) is 3.52. The number of sulfonamides is 1. The Morgan fingerprint density at radius 3 is 2.54 bits per heavy atom. The lowest BCUT2D eigenvalue weighted by molar-refractivity contribution is 0.597. The first-order chi connectivity index (χ1) is 11.9. The summed E-state index contributed by atoms with van der Waals surface area (Å²) in [4.78, 5) is 4.55. The molecule has 4 N–H and O–H groups in total. The lowest BCUT2D eigenvalue weighted by Gasteiger charge is -2.12. The second-order valence-electron chi connectivity index (χ2n) is 5.33. The molecule has 0 aromatic heterocycles. The van der Waals surface area contributed by atoms with Crippen LogP contribution in [0.5, 0.6) is 0 Å². The van der Waals surface area contributed by atoms with E-state index in [9.17, 15) is 8.42 Å². The van der Waals surface area contributed by atoms with E-state index in [4.69, 9.17) is 16.7 Å².